The van der Waals surface area contributed by atoms with Crippen molar-refractivity contribution >= 4 is 0 Å². The van der Waals surface area contributed by atoms with Crippen molar-refractivity contribution in [2.75, 3.05) is 13.1 Å². The van der Waals surface area contributed by atoms with Crippen molar-refractivity contribution in [2.45, 2.75) is 117 Å². The third-order valence-corrected chi connectivity index (χ3v) is 4.80. The molecule has 0 aliphatic carbocycles. The van der Waals surface area contributed by atoms with Crippen molar-refractivity contribution in [2.24, 2.45) is 5.92 Å². The largest absolute Gasteiger partial charge is 0.316 e. The second kappa shape index (κ2) is 19.0. The highest BCUT2D eigenvalue weighted by molar-refractivity contribution is 4.63. The summed E-state index contributed by atoms with van der Waals surface area (Å²) in [5, 5.41) is 3.72. The molecule has 0 radical (unpaired) electrons. The zero-order valence-corrected chi connectivity index (χ0v) is 16.1. The van der Waals surface area contributed by atoms with Gasteiger partial charge in [-0.1, -0.05) is 97.8 Å². The van der Waals surface area contributed by atoms with E-state index in [0.29, 0.717) is 0 Å². The minimum absolute atomic E-state index is 0.926. The van der Waals surface area contributed by atoms with E-state index >= 15 is 0 Å². The van der Waals surface area contributed by atoms with E-state index in [1.807, 2.05) is 0 Å². The molecule has 22 heavy (non-hydrogen) atoms. The normalized spacial score (nSPS) is 12.7. The maximum absolute atomic E-state index is 3.72. The predicted molar refractivity (Wildman–Crippen MR) is 103 cm³/mol. The summed E-state index contributed by atoms with van der Waals surface area (Å²) < 4.78 is 0. The Bertz CT molecular complexity index is 190. The van der Waals surface area contributed by atoms with Crippen molar-refractivity contribution in [3.63, 3.8) is 0 Å². The molecule has 0 aromatic carbocycles. The molecule has 0 saturated heterocycles. The summed E-state index contributed by atoms with van der Waals surface area (Å²) in [5.74, 6) is 0.926. The Kier molecular flexibility index (Phi) is 19.0. The smallest absolute Gasteiger partial charge is 0.00205 e. The van der Waals surface area contributed by atoms with Crippen LogP contribution in [0.25, 0.3) is 0 Å². The highest BCUT2D eigenvalue weighted by atomic mass is 14.8. The summed E-state index contributed by atoms with van der Waals surface area (Å²) in [5.41, 5.74) is 0. The maximum atomic E-state index is 3.72. The van der Waals surface area contributed by atoms with E-state index in [4.69, 9.17) is 0 Å². The summed E-state index contributed by atoms with van der Waals surface area (Å²) in [4.78, 5) is 0. The first kappa shape index (κ1) is 22.0. The molecule has 0 amide bonds. The molecule has 0 heterocycles. The highest BCUT2D eigenvalue weighted by Gasteiger charge is 2.06. The molecular formula is C21H45N. The Morgan fingerprint density at radius 3 is 1.68 bits per heavy atom. The van der Waals surface area contributed by atoms with Crippen LogP contribution in [0.2, 0.25) is 0 Å². The van der Waals surface area contributed by atoms with Crippen molar-refractivity contribution in [3.8, 4) is 0 Å². The fourth-order valence-electron chi connectivity index (χ4n) is 3.31. The Labute approximate surface area is 142 Å². The van der Waals surface area contributed by atoms with Crippen LogP contribution in [0.5, 0.6) is 0 Å². The van der Waals surface area contributed by atoms with E-state index in [1.54, 1.807) is 0 Å². The van der Waals surface area contributed by atoms with Crippen molar-refractivity contribution in [3.05, 3.63) is 0 Å². The van der Waals surface area contributed by atoms with E-state index in [9.17, 15) is 0 Å². The van der Waals surface area contributed by atoms with E-state index in [0.717, 1.165) is 5.92 Å². The summed E-state index contributed by atoms with van der Waals surface area (Å²) >= 11 is 0. The van der Waals surface area contributed by atoms with Crippen LogP contribution in [-0.4, -0.2) is 13.1 Å². The average Bonchev–Trinajstić information content (AvgIpc) is 2.52. The fraction of sp³-hybridized carbons (Fsp3) is 1.00. The van der Waals surface area contributed by atoms with Gasteiger partial charge in [-0.3, -0.25) is 0 Å². The summed E-state index contributed by atoms with van der Waals surface area (Å²) in [6, 6.07) is 0. The van der Waals surface area contributed by atoms with Crippen LogP contribution in [0.3, 0.4) is 0 Å². The molecule has 0 rings (SSSR count). The van der Waals surface area contributed by atoms with Gasteiger partial charge in [0.15, 0.2) is 0 Å². The van der Waals surface area contributed by atoms with E-state index in [2.05, 4.69) is 26.1 Å². The lowest BCUT2D eigenvalue weighted by Crippen LogP contribution is -2.24. The molecule has 0 spiro atoms. The van der Waals surface area contributed by atoms with Crippen LogP contribution in [0.15, 0.2) is 0 Å². The van der Waals surface area contributed by atoms with Gasteiger partial charge in [-0.15, -0.1) is 0 Å². The molecule has 0 aromatic rings. The Morgan fingerprint density at radius 2 is 1.09 bits per heavy atom. The van der Waals surface area contributed by atoms with Gasteiger partial charge < -0.3 is 5.32 Å². The first-order valence-electron chi connectivity index (χ1n) is 10.6. The van der Waals surface area contributed by atoms with Crippen molar-refractivity contribution in [1.82, 2.24) is 5.32 Å². The monoisotopic (exact) mass is 311 g/mol. The van der Waals surface area contributed by atoms with Gasteiger partial charge in [0.25, 0.3) is 0 Å². The lowest BCUT2D eigenvalue weighted by molar-refractivity contribution is 0.395. The molecule has 134 valence electrons. The molecule has 0 aliphatic heterocycles. The van der Waals surface area contributed by atoms with Gasteiger partial charge in [-0.25, -0.2) is 0 Å². The van der Waals surface area contributed by atoms with E-state index < -0.39 is 0 Å². The van der Waals surface area contributed by atoms with Gasteiger partial charge in [0.1, 0.15) is 0 Å². The van der Waals surface area contributed by atoms with Gasteiger partial charge in [-0.05, 0) is 38.3 Å². The molecule has 0 saturated carbocycles. The molecule has 0 aliphatic rings. The zero-order chi connectivity index (χ0) is 16.3. The van der Waals surface area contributed by atoms with Crippen LogP contribution in [0.4, 0.5) is 0 Å². The molecular weight excluding hydrogens is 266 g/mol. The van der Waals surface area contributed by atoms with Gasteiger partial charge in [0.05, 0.1) is 0 Å². The number of hydrogen-bond donors (Lipinski definition) is 1. The van der Waals surface area contributed by atoms with Crippen LogP contribution < -0.4 is 5.32 Å². The second-order valence-corrected chi connectivity index (χ2v) is 7.18. The lowest BCUT2D eigenvalue weighted by Gasteiger charge is -2.16. The summed E-state index contributed by atoms with van der Waals surface area (Å²) in [6.07, 6.45) is 21.3. The topological polar surface area (TPSA) is 12.0 Å². The van der Waals surface area contributed by atoms with Crippen LogP contribution >= 0.6 is 0 Å². The van der Waals surface area contributed by atoms with Crippen LogP contribution in [0.1, 0.15) is 117 Å². The van der Waals surface area contributed by atoms with E-state index in [-0.39, 0.29) is 0 Å². The van der Waals surface area contributed by atoms with Gasteiger partial charge >= 0.3 is 0 Å². The predicted octanol–water partition coefficient (Wildman–Crippen LogP) is 7.10. The number of hydrogen-bond acceptors (Lipinski definition) is 1. The Morgan fingerprint density at radius 1 is 0.545 bits per heavy atom. The third-order valence-electron chi connectivity index (χ3n) is 4.80. The number of rotatable bonds is 18. The first-order chi connectivity index (χ1) is 10.8. The molecule has 1 atom stereocenters. The standard InChI is InChI=1S/C21H45N/c1-4-7-9-10-11-12-13-14-16-19-22-20-21(17-6-3)18-15-8-5-2/h21-22H,4-20H2,1-3H3. The zero-order valence-electron chi connectivity index (χ0n) is 16.1. The Hall–Kier alpha value is -0.0400. The molecule has 0 bridgehead atoms. The SMILES string of the molecule is CCCCCCCCCCCNCC(CCC)CCCCC. The summed E-state index contributed by atoms with van der Waals surface area (Å²) in [6.45, 7) is 9.42. The molecule has 1 N–H and O–H groups in total. The number of unbranched alkanes of at least 4 members (excludes halogenated alkanes) is 10. The van der Waals surface area contributed by atoms with E-state index in [1.165, 1.54) is 109 Å². The minimum Gasteiger partial charge on any atom is -0.316 e. The molecule has 0 aromatic heterocycles. The minimum atomic E-state index is 0.926. The van der Waals surface area contributed by atoms with Crippen molar-refractivity contribution in [1.29, 1.82) is 0 Å². The van der Waals surface area contributed by atoms with Crippen molar-refractivity contribution < 1.29 is 0 Å². The molecule has 1 nitrogen and oxygen atoms in total. The quantitative estimate of drug-likeness (QED) is 0.266. The Balaban J connectivity index is 3.30. The van der Waals surface area contributed by atoms with Crippen LogP contribution in [-0.2, 0) is 0 Å². The van der Waals surface area contributed by atoms with Crippen LogP contribution in [0, 0.1) is 5.92 Å². The number of nitrogens with one attached hydrogen (secondary N) is 1. The fourth-order valence-corrected chi connectivity index (χ4v) is 3.31. The maximum Gasteiger partial charge on any atom is -0.00205 e. The molecule has 1 unspecified atom stereocenters. The van der Waals surface area contributed by atoms with Gasteiger partial charge in [-0.2, -0.15) is 0 Å². The molecule has 1 heteroatoms. The second-order valence-electron chi connectivity index (χ2n) is 7.18. The first-order valence-corrected chi connectivity index (χ1v) is 10.6. The third kappa shape index (κ3) is 16.3. The molecule has 0 fully saturated rings. The van der Waals surface area contributed by atoms with Gasteiger partial charge in [0.2, 0.25) is 0 Å². The lowest BCUT2D eigenvalue weighted by atomic mass is 9.96. The average molecular weight is 312 g/mol. The highest BCUT2D eigenvalue weighted by Crippen LogP contribution is 2.15. The van der Waals surface area contributed by atoms with Gasteiger partial charge in [0, 0.05) is 0 Å². The summed E-state index contributed by atoms with van der Waals surface area (Å²) in [7, 11) is 0.